The lowest BCUT2D eigenvalue weighted by molar-refractivity contribution is 0.0979. The van der Waals surface area contributed by atoms with E-state index in [1.807, 2.05) is 61.1 Å². The van der Waals surface area contributed by atoms with Crippen LogP contribution in [0.1, 0.15) is 270 Å². The van der Waals surface area contributed by atoms with Crippen LogP contribution in [0.2, 0.25) is 0 Å². The van der Waals surface area contributed by atoms with E-state index in [1.54, 1.807) is 17.5 Å². The van der Waals surface area contributed by atoms with E-state index in [9.17, 15) is 4.79 Å². The summed E-state index contributed by atoms with van der Waals surface area (Å²) in [7, 11) is 0. The van der Waals surface area contributed by atoms with Crippen molar-refractivity contribution < 1.29 is 13.6 Å². The van der Waals surface area contributed by atoms with Crippen LogP contribution >= 0.6 is 11.3 Å². The largest absolute Gasteiger partial charge is 0.440 e. The Hall–Kier alpha value is -10.4. The van der Waals surface area contributed by atoms with Gasteiger partial charge in [-0.1, -0.05) is 182 Å². The maximum Gasteiger partial charge on any atom is 0.198 e. The lowest BCUT2D eigenvalue weighted by atomic mass is 9.98. The standard InChI is InChI=1S/C17H23NO.3C12H15N.2C11H13NO.C11H13NS.C11H13N.C6H10N2/c1-4-5-6-7-17(19)13-8-9-15-14(10-13)11-16(18-15)12(2)3;2*1-8(2)12-7-10-9(3)5-4-6-11(10)13-12;1-9(2)13-10(3)8-11-6-4-5-7-12(11)13;1-7(2)11-12-9-6-8(3)4-5-10(9)13-11;1-7(2)11-12-9-5-4-8(3)6-10(9)13-11;1-7(2)11-12-9-6-8(3)4-5-10(9)13-11;1-9(2)12-8-7-10-5-3-4-6-11(10)12;1-6(2)8-4-3-7-5-8/h8-10,12H,4-7,11H2,1-3H3;2*4-6,8H,7H2,1-3H3;4-9H,1-3H3;3*4-7H,1-3H3;3-9H,1-2H3;3-6H,1-2H3. The number of rotatable bonds is 14. The summed E-state index contributed by atoms with van der Waals surface area (Å²) in [6.45, 7) is 53.8. The summed E-state index contributed by atoms with van der Waals surface area (Å²) in [5.74, 6) is 4.79. The molecule has 0 aliphatic carbocycles. The molecule has 14 aromatic rings. The Kier molecular flexibility index (Phi) is 33.0. The summed E-state index contributed by atoms with van der Waals surface area (Å²) in [4.78, 5) is 43.3. The molecule has 8 aromatic carbocycles. The molecule has 3 aliphatic heterocycles. The van der Waals surface area contributed by atoms with Crippen LogP contribution < -0.4 is 0 Å². The first-order valence-electron chi connectivity index (χ1n) is 42.5. The molecular formula is C103H130N10O3S. The molecule has 117 heavy (non-hydrogen) atoms. The van der Waals surface area contributed by atoms with Crippen molar-refractivity contribution in [2.75, 3.05) is 0 Å². The average molecular weight is 1590 g/mol. The van der Waals surface area contributed by atoms with E-state index in [0.29, 0.717) is 60.1 Å². The van der Waals surface area contributed by atoms with Gasteiger partial charge in [0.1, 0.15) is 11.0 Å². The molecule has 6 aromatic heterocycles. The van der Waals surface area contributed by atoms with Crippen molar-refractivity contribution in [3.8, 4) is 0 Å². The number of aliphatic imine (C=N–C) groups is 3. The predicted octanol–water partition coefficient (Wildman–Crippen LogP) is 29.8. The van der Waals surface area contributed by atoms with Crippen LogP contribution in [0, 0.1) is 59.3 Å². The van der Waals surface area contributed by atoms with E-state index < -0.39 is 0 Å². The van der Waals surface area contributed by atoms with Gasteiger partial charge in [0, 0.05) is 120 Å². The number of ketones is 1. The van der Waals surface area contributed by atoms with Crippen molar-refractivity contribution in [3.05, 3.63) is 267 Å². The fourth-order valence-corrected chi connectivity index (χ4v) is 14.9. The molecule has 13 nitrogen and oxygen atoms in total. The third kappa shape index (κ3) is 25.1. The highest BCUT2D eigenvalue weighted by Gasteiger charge is 2.22. The highest BCUT2D eigenvalue weighted by atomic mass is 32.1. The molecule has 17 rings (SSSR count). The minimum Gasteiger partial charge on any atom is -0.440 e. The van der Waals surface area contributed by atoms with Crippen LogP contribution in [0.3, 0.4) is 0 Å². The van der Waals surface area contributed by atoms with Crippen LogP contribution in [0.15, 0.2) is 219 Å². The number of thiazole rings is 1. The molecular weight excluding hydrogens is 1460 g/mol. The van der Waals surface area contributed by atoms with Gasteiger partial charge in [-0.2, -0.15) is 0 Å². The number of carbonyl (C=O) groups is 1. The zero-order valence-electron chi connectivity index (χ0n) is 74.7. The zero-order valence-corrected chi connectivity index (χ0v) is 75.5. The van der Waals surface area contributed by atoms with Gasteiger partial charge in [-0.15, -0.1) is 11.3 Å². The Labute approximate surface area is 702 Å². The van der Waals surface area contributed by atoms with Gasteiger partial charge in [-0.3, -0.25) is 19.8 Å². The van der Waals surface area contributed by atoms with Crippen molar-refractivity contribution in [1.29, 1.82) is 0 Å². The number of nitrogens with zero attached hydrogens (tertiary/aromatic N) is 10. The average Bonchev–Trinajstić information content (AvgIpc) is 1.72. The maximum atomic E-state index is 12.1. The molecule has 0 spiro atoms. The molecule has 14 heteroatoms. The van der Waals surface area contributed by atoms with E-state index in [4.69, 9.17) is 8.83 Å². The Morgan fingerprint density at radius 1 is 0.444 bits per heavy atom. The minimum absolute atomic E-state index is 0.272. The van der Waals surface area contributed by atoms with Crippen LogP contribution in [0.5, 0.6) is 0 Å². The van der Waals surface area contributed by atoms with Gasteiger partial charge in [-0.05, 0) is 254 Å². The van der Waals surface area contributed by atoms with E-state index in [0.717, 1.165) is 89.3 Å². The van der Waals surface area contributed by atoms with Gasteiger partial charge in [-0.25, -0.2) is 19.9 Å². The number of Topliss-reactive ketones (excluding diaryl/α,β-unsaturated/α-hetero) is 1. The second-order valence-corrected chi connectivity index (χ2v) is 35.1. The van der Waals surface area contributed by atoms with E-state index in [1.165, 1.54) is 110 Å². The number of hydrogen-bond acceptors (Lipinski definition) is 11. The number of hydrogen-bond donors (Lipinski definition) is 0. The van der Waals surface area contributed by atoms with Crippen molar-refractivity contribution in [1.82, 2.24) is 33.6 Å². The van der Waals surface area contributed by atoms with Gasteiger partial charge in [0.2, 0.25) is 0 Å². The number of benzene rings is 8. The topological polar surface area (TPSA) is 147 Å². The van der Waals surface area contributed by atoms with Crippen LogP contribution in [-0.4, -0.2) is 56.6 Å². The summed E-state index contributed by atoms with van der Waals surface area (Å²) in [5.41, 5.74) is 27.5. The first-order valence-corrected chi connectivity index (χ1v) is 43.3. The van der Waals surface area contributed by atoms with Crippen molar-refractivity contribution >= 4 is 106 Å². The summed E-state index contributed by atoms with van der Waals surface area (Å²) in [5, 5.41) is 3.90. The molecule has 0 radical (unpaired) electrons. The molecule has 0 N–H and O–H groups in total. The fourth-order valence-electron chi connectivity index (χ4n) is 13.9. The number of imidazole rings is 1. The Morgan fingerprint density at radius 2 is 0.991 bits per heavy atom. The zero-order chi connectivity index (χ0) is 84.9. The second-order valence-electron chi connectivity index (χ2n) is 34.0. The molecule has 0 atom stereocenters. The summed E-state index contributed by atoms with van der Waals surface area (Å²) < 4.78 is 19.2. The molecule has 0 bridgehead atoms. The number of oxazole rings is 2. The second kappa shape index (κ2) is 42.6. The summed E-state index contributed by atoms with van der Waals surface area (Å²) in [6.07, 6.45) is 14.7. The van der Waals surface area contributed by atoms with Crippen LogP contribution in [-0.2, 0) is 19.3 Å². The SMILES string of the molecule is CC(C)n1ccc2ccccc21.CC(C)n1ccnc1.CCCCCC(=O)c1ccc2c(c1)CC(C(C)C)=N2.Cc1cc2ccccc2n1C(C)C.Cc1ccc2nc(C(C)C)oc2c1.Cc1ccc2oc(C(C)C)nc2c1.Cc1ccc2sc(C(C)C)nc2c1.Cc1cccc2c1CC(C(C)C)=N2.Cc1cccc2c1CC(C(C)C)=N2. The third-order valence-corrected chi connectivity index (χ3v) is 22.3. The Bertz CT molecular complexity index is 5370. The van der Waals surface area contributed by atoms with Crippen molar-refractivity contribution in [3.63, 3.8) is 0 Å². The number of para-hydroxylation sites is 2. The fraction of sp³-hybridized carbons (Fsp3) is 0.398. The third-order valence-electron chi connectivity index (χ3n) is 21.0. The lowest BCUT2D eigenvalue weighted by Crippen LogP contribution is -2.06. The predicted molar refractivity (Wildman–Crippen MR) is 500 cm³/mol. The summed E-state index contributed by atoms with van der Waals surface area (Å²) in [6, 6.07) is 60.3. The Balaban J connectivity index is 0.000000151. The number of aromatic nitrogens is 7. The monoisotopic (exact) mass is 1590 g/mol. The van der Waals surface area contributed by atoms with Gasteiger partial charge < -0.3 is 22.5 Å². The molecule has 616 valence electrons. The van der Waals surface area contributed by atoms with Crippen molar-refractivity contribution in [2.24, 2.45) is 32.7 Å². The molecule has 0 amide bonds. The highest BCUT2D eigenvalue weighted by Crippen LogP contribution is 2.35. The molecule has 0 saturated heterocycles. The van der Waals surface area contributed by atoms with Gasteiger partial charge in [0.15, 0.2) is 28.7 Å². The molecule has 3 aliphatic rings. The smallest absolute Gasteiger partial charge is 0.198 e. The lowest BCUT2D eigenvalue weighted by Gasteiger charge is -2.11. The highest BCUT2D eigenvalue weighted by molar-refractivity contribution is 7.18. The first kappa shape index (κ1) is 90.5. The van der Waals surface area contributed by atoms with Crippen molar-refractivity contribution in [2.45, 2.75) is 254 Å². The Morgan fingerprint density at radius 3 is 1.54 bits per heavy atom. The molecule has 0 fully saturated rings. The normalized spacial score (nSPS) is 12.4. The minimum atomic E-state index is 0.272. The number of fused-ring (bicyclic) bond motifs is 8. The van der Waals surface area contributed by atoms with E-state index in [2.05, 4.69) is 349 Å². The van der Waals surface area contributed by atoms with Gasteiger partial charge in [0.05, 0.1) is 38.6 Å². The number of carbonyl (C=O) groups excluding carboxylic acids is 1. The molecule has 0 saturated carbocycles. The van der Waals surface area contributed by atoms with Crippen LogP contribution in [0.4, 0.5) is 17.1 Å². The van der Waals surface area contributed by atoms with E-state index in [-0.39, 0.29) is 5.78 Å². The quantitative estimate of drug-likeness (QED) is 0.0778. The first-order chi connectivity index (χ1) is 55.8. The molecule has 9 heterocycles. The number of unbranched alkanes of at least 4 members (excludes halogenated alkanes) is 2. The van der Waals surface area contributed by atoms with Crippen LogP contribution in [0.25, 0.3) is 54.2 Å². The van der Waals surface area contributed by atoms with E-state index >= 15 is 0 Å². The van der Waals surface area contributed by atoms with Gasteiger partial charge in [0.25, 0.3) is 0 Å². The number of aryl methyl sites for hydroxylation is 6. The van der Waals surface area contributed by atoms with Gasteiger partial charge >= 0.3 is 0 Å². The maximum absolute atomic E-state index is 12.1. The molecule has 0 unspecified atom stereocenters. The summed E-state index contributed by atoms with van der Waals surface area (Å²) >= 11 is 1.80.